The Morgan fingerprint density at radius 2 is 1.73 bits per heavy atom. The van der Waals surface area contributed by atoms with Gasteiger partial charge >= 0.3 is 0 Å². The number of methoxy groups -OCH3 is 1. The summed E-state index contributed by atoms with van der Waals surface area (Å²) in [4.78, 5) is 22.8. The van der Waals surface area contributed by atoms with Crippen molar-refractivity contribution in [3.63, 3.8) is 0 Å². The van der Waals surface area contributed by atoms with Crippen molar-refractivity contribution < 1.29 is 24.5 Å². The number of thiazole rings is 1. The van der Waals surface area contributed by atoms with Crippen molar-refractivity contribution in [3.8, 4) is 17.2 Å². The molecule has 1 fully saturated rings. The lowest BCUT2D eigenvalue weighted by atomic mass is 9.99. The number of phenols is 1. The summed E-state index contributed by atoms with van der Waals surface area (Å²) in [6.07, 6.45) is 1.41. The zero-order chi connectivity index (χ0) is 27.9. The Kier molecular flexibility index (Phi) is 9.15. The van der Waals surface area contributed by atoms with Crippen molar-refractivity contribution in [2.75, 3.05) is 33.4 Å². The maximum absolute atomic E-state index is 13.9. The Morgan fingerprint density at radius 1 is 1.02 bits per heavy atom. The number of carbonyl (C=O) groups is 1. The van der Waals surface area contributed by atoms with Gasteiger partial charge in [-0.05, 0) is 80.0 Å². The Hall–Kier alpha value is -3.66. The Bertz CT molecular complexity index is 1350. The van der Waals surface area contributed by atoms with Gasteiger partial charge in [-0.2, -0.15) is 0 Å². The van der Waals surface area contributed by atoms with E-state index >= 15 is 0 Å². The van der Waals surface area contributed by atoms with E-state index in [1.165, 1.54) is 0 Å². The van der Waals surface area contributed by atoms with Crippen LogP contribution in [0, 0.1) is 0 Å². The van der Waals surface area contributed by atoms with Crippen molar-refractivity contribution in [3.05, 3.63) is 83.4 Å². The Labute approximate surface area is 238 Å². The smallest absolute Gasteiger partial charge is 0.226 e. The number of amides is 1. The molecule has 210 valence electrons. The van der Waals surface area contributed by atoms with Gasteiger partial charge in [0.05, 0.1) is 42.9 Å². The number of rotatable bonds is 12. The molecule has 9 heteroatoms. The van der Waals surface area contributed by atoms with Crippen molar-refractivity contribution in [1.82, 2.24) is 14.8 Å². The second kappa shape index (κ2) is 13.1. The lowest BCUT2D eigenvalue weighted by molar-refractivity contribution is -0.138. The lowest BCUT2D eigenvalue weighted by Crippen LogP contribution is -2.49. The van der Waals surface area contributed by atoms with E-state index in [4.69, 9.17) is 14.5 Å². The molecule has 1 aliphatic heterocycles. The summed E-state index contributed by atoms with van der Waals surface area (Å²) in [6, 6.07) is 21.2. The van der Waals surface area contributed by atoms with Crippen molar-refractivity contribution >= 4 is 27.5 Å². The molecule has 0 spiro atoms. The van der Waals surface area contributed by atoms with Crippen LogP contribution in [-0.4, -0.2) is 70.3 Å². The number of phenolic OH excluding ortho intramolecular Hbond substituents is 1. The minimum Gasteiger partial charge on any atom is -0.508 e. The number of hydrogen-bond donors (Lipinski definition) is 2. The average Bonchev–Trinajstić information content (AvgIpc) is 3.65. The van der Waals surface area contributed by atoms with Gasteiger partial charge in [-0.15, -0.1) is 11.3 Å². The quantitative estimate of drug-likeness (QED) is 0.251. The molecule has 1 aromatic heterocycles. The molecule has 2 N–H and O–H groups in total. The molecule has 4 aromatic rings. The highest BCUT2D eigenvalue weighted by atomic mass is 32.1. The van der Waals surface area contributed by atoms with Crippen LogP contribution in [0.1, 0.15) is 35.9 Å². The monoisotopic (exact) mass is 561 g/mol. The lowest BCUT2D eigenvalue weighted by Gasteiger charge is -2.37. The number of likely N-dealkylation sites (tertiary alicyclic amines) is 1. The van der Waals surface area contributed by atoms with Crippen LogP contribution in [0.4, 0.5) is 0 Å². The van der Waals surface area contributed by atoms with Gasteiger partial charge < -0.3 is 29.5 Å². The molecular weight excluding hydrogens is 526 g/mol. The molecule has 0 aliphatic carbocycles. The first-order chi connectivity index (χ1) is 19.5. The number of benzene rings is 3. The first-order valence-corrected chi connectivity index (χ1v) is 14.4. The van der Waals surface area contributed by atoms with Gasteiger partial charge in [-0.25, -0.2) is 4.98 Å². The van der Waals surface area contributed by atoms with Crippen molar-refractivity contribution in [2.24, 2.45) is 0 Å². The van der Waals surface area contributed by atoms with E-state index in [-0.39, 0.29) is 31.2 Å². The summed E-state index contributed by atoms with van der Waals surface area (Å²) < 4.78 is 12.1. The van der Waals surface area contributed by atoms with E-state index in [1.807, 2.05) is 48.5 Å². The number of hydrogen-bond acceptors (Lipinski definition) is 8. The highest BCUT2D eigenvalue weighted by molar-refractivity contribution is 7.18. The number of aromatic hydroxyl groups is 1. The van der Waals surface area contributed by atoms with Crippen LogP contribution in [0.2, 0.25) is 0 Å². The zero-order valence-electron chi connectivity index (χ0n) is 22.6. The zero-order valence-corrected chi connectivity index (χ0v) is 23.4. The fourth-order valence-corrected chi connectivity index (χ4v) is 6.05. The number of carbonyl (C=O) groups excluding carboxylic acids is 1. The molecule has 1 aliphatic rings. The second-order valence-corrected chi connectivity index (χ2v) is 11.1. The van der Waals surface area contributed by atoms with Crippen LogP contribution in [0.3, 0.4) is 0 Å². The molecule has 0 saturated carbocycles. The predicted octanol–water partition coefficient (Wildman–Crippen LogP) is 5.01. The number of aromatic nitrogens is 1. The third kappa shape index (κ3) is 6.91. The summed E-state index contributed by atoms with van der Waals surface area (Å²) in [6.45, 7) is 2.89. The summed E-state index contributed by atoms with van der Waals surface area (Å²) in [5.41, 5.74) is 1.55. The van der Waals surface area contributed by atoms with E-state index in [0.29, 0.717) is 17.9 Å². The minimum atomic E-state index is -0.943. The van der Waals surface area contributed by atoms with Crippen LogP contribution in [-0.2, 0) is 11.3 Å². The molecule has 0 unspecified atom stereocenters. The molecule has 8 nitrogen and oxygen atoms in total. The van der Waals surface area contributed by atoms with Crippen LogP contribution in [0.5, 0.6) is 17.2 Å². The fourth-order valence-electron chi connectivity index (χ4n) is 5.09. The third-order valence-electron chi connectivity index (χ3n) is 7.25. The van der Waals surface area contributed by atoms with E-state index in [1.54, 1.807) is 47.6 Å². The standard InChI is InChI=1S/C31H35N3O5S/c1-38-24-12-14-25(15-13-24)39-19-16-30(36)34(21-29-32-26-6-2-3-7-28(26)40-29)27(20-33-17-4-5-18-33)31(37)22-8-10-23(35)11-9-22/h2-3,6-15,27,31,35,37H,4-5,16-21H2,1H3/t27-,31-/m1/s1. The molecule has 0 radical (unpaired) electrons. The molecule has 3 aromatic carbocycles. The van der Waals surface area contributed by atoms with Crippen LogP contribution < -0.4 is 9.47 Å². The van der Waals surface area contributed by atoms with Crippen molar-refractivity contribution in [2.45, 2.75) is 38.0 Å². The normalized spacial score (nSPS) is 15.2. The number of aliphatic hydroxyl groups excluding tert-OH is 1. The second-order valence-electron chi connectivity index (χ2n) is 9.98. The molecule has 1 saturated heterocycles. The summed E-state index contributed by atoms with van der Waals surface area (Å²) in [5, 5.41) is 22.3. The molecular formula is C31H35N3O5S. The van der Waals surface area contributed by atoms with Gasteiger partial charge in [0.1, 0.15) is 28.4 Å². The number of nitrogens with zero attached hydrogens (tertiary/aromatic N) is 3. The first-order valence-electron chi connectivity index (χ1n) is 13.6. The van der Waals surface area contributed by atoms with Crippen molar-refractivity contribution in [1.29, 1.82) is 0 Å². The Balaban J connectivity index is 1.40. The first kappa shape index (κ1) is 27.9. The summed E-state index contributed by atoms with van der Waals surface area (Å²) in [7, 11) is 1.61. The van der Waals surface area contributed by atoms with Gasteiger partial charge in [0.2, 0.25) is 5.91 Å². The minimum absolute atomic E-state index is 0.116. The SMILES string of the molecule is COc1ccc(OCCC(=O)N(Cc2nc3ccccc3s2)[C@H](CN2CCCC2)[C@H](O)c2ccc(O)cc2)cc1. The highest BCUT2D eigenvalue weighted by Crippen LogP contribution is 2.29. The van der Waals surface area contributed by atoms with Gasteiger partial charge in [0.15, 0.2) is 0 Å². The molecule has 5 rings (SSSR count). The molecule has 2 heterocycles. The summed E-state index contributed by atoms with van der Waals surface area (Å²) >= 11 is 1.56. The van der Waals surface area contributed by atoms with Gasteiger partial charge in [0, 0.05) is 6.54 Å². The number of para-hydroxylation sites is 1. The highest BCUT2D eigenvalue weighted by Gasteiger charge is 2.34. The molecule has 2 atom stereocenters. The molecule has 40 heavy (non-hydrogen) atoms. The topological polar surface area (TPSA) is 95.4 Å². The van der Waals surface area contributed by atoms with Crippen LogP contribution in [0.25, 0.3) is 10.2 Å². The fraction of sp³-hybridized carbons (Fsp3) is 0.355. The van der Waals surface area contributed by atoms with Crippen LogP contribution in [0.15, 0.2) is 72.8 Å². The van der Waals surface area contributed by atoms with Crippen LogP contribution >= 0.6 is 11.3 Å². The number of ether oxygens (including phenoxy) is 2. The van der Waals surface area contributed by atoms with E-state index in [2.05, 4.69) is 4.90 Å². The Morgan fingerprint density at radius 3 is 2.42 bits per heavy atom. The maximum atomic E-state index is 13.9. The maximum Gasteiger partial charge on any atom is 0.226 e. The average molecular weight is 562 g/mol. The van der Waals surface area contributed by atoms with Gasteiger partial charge in [-0.3, -0.25) is 4.79 Å². The predicted molar refractivity (Wildman–Crippen MR) is 156 cm³/mol. The number of fused-ring (bicyclic) bond motifs is 1. The molecule has 0 bridgehead atoms. The summed E-state index contributed by atoms with van der Waals surface area (Å²) in [5.74, 6) is 1.41. The van der Waals surface area contributed by atoms with Gasteiger partial charge in [0.25, 0.3) is 0 Å². The third-order valence-corrected chi connectivity index (χ3v) is 8.27. The van der Waals surface area contributed by atoms with E-state index in [0.717, 1.165) is 46.9 Å². The van der Waals surface area contributed by atoms with E-state index in [9.17, 15) is 15.0 Å². The van der Waals surface area contributed by atoms with E-state index < -0.39 is 12.1 Å². The number of aliphatic hydroxyl groups is 1. The largest absolute Gasteiger partial charge is 0.508 e. The van der Waals surface area contributed by atoms with Gasteiger partial charge in [-0.1, -0.05) is 24.3 Å². The molecule has 1 amide bonds.